The van der Waals surface area contributed by atoms with E-state index < -0.39 is 11.7 Å². The van der Waals surface area contributed by atoms with Crippen molar-refractivity contribution in [1.82, 2.24) is 9.80 Å². The summed E-state index contributed by atoms with van der Waals surface area (Å²) in [4.78, 5) is 30.2. The van der Waals surface area contributed by atoms with Gasteiger partial charge in [-0.3, -0.25) is 9.59 Å². The minimum Gasteiger partial charge on any atom is -0.368 e. The van der Waals surface area contributed by atoms with Crippen molar-refractivity contribution < 1.29 is 22.8 Å². The Labute approximate surface area is 163 Å². The van der Waals surface area contributed by atoms with Crippen LogP contribution in [0.2, 0.25) is 0 Å². The summed E-state index contributed by atoms with van der Waals surface area (Å²) in [6.45, 7) is 5.10. The molecule has 0 N–H and O–H groups in total. The molecular formula is C20H26F3N3O2. The van der Waals surface area contributed by atoms with Crippen LogP contribution in [0.25, 0.3) is 0 Å². The van der Waals surface area contributed by atoms with E-state index in [0.29, 0.717) is 45.0 Å². The molecule has 0 aromatic heterocycles. The van der Waals surface area contributed by atoms with Crippen molar-refractivity contribution in [1.29, 1.82) is 0 Å². The zero-order valence-corrected chi connectivity index (χ0v) is 16.0. The van der Waals surface area contributed by atoms with Crippen LogP contribution in [0.15, 0.2) is 24.3 Å². The molecule has 2 aliphatic heterocycles. The van der Waals surface area contributed by atoms with Gasteiger partial charge in [-0.1, -0.05) is 19.4 Å². The summed E-state index contributed by atoms with van der Waals surface area (Å²) >= 11 is 0. The summed E-state index contributed by atoms with van der Waals surface area (Å²) < 4.78 is 38.7. The van der Waals surface area contributed by atoms with Crippen molar-refractivity contribution in [2.75, 3.05) is 44.2 Å². The molecule has 8 heteroatoms. The van der Waals surface area contributed by atoms with Crippen LogP contribution in [0.5, 0.6) is 0 Å². The quantitative estimate of drug-likeness (QED) is 0.767. The maximum Gasteiger partial charge on any atom is 0.416 e. The predicted octanol–water partition coefficient (Wildman–Crippen LogP) is 3.00. The molecule has 0 radical (unpaired) electrons. The van der Waals surface area contributed by atoms with E-state index in [0.717, 1.165) is 25.0 Å². The number of anilines is 1. The fourth-order valence-electron chi connectivity index (χ4n) is 3.82. The number of rotatable bonds is 5. The number of amides is 2. The Morgan fingerprint density at radius 3 is 2.54 bits per heavy atom. The molecule has 0 aliphatic carbocycles. The number of halogens is 3. The van der Waals surface area contributed by atoms with E-state index in [9.17, 15) is 22.8 Å². The van der Waals surface area contributed by atoms with Gasteiger partial charge in [0.1, 0.15) is 0 Å². The number of hydrogen-bond acceptors (Lipinski definition) is 3. The largest absolute Gasteiger partial charge is 0.416 e. The van der Waals surface area contributed by atoms with E-state index in [1.54, 1.807) is 15.9 Å². The summed E-state index contributed by atoms with van der Waals surface area (Å²) in [5, 5.41) is 0. The zero-order valence-electron chi connectivity index (χ0n) is 16.0. The number of nitrogens with zero attached hydrogens (tertiary/aromatic N) is 3. The van der Waals surface area contributed by atoms with Crippen molar-refractivity contribution in [2.45, 2.75) is 32.4 Å². The van der Waals surface area contributed by atoms with Crippen LogP contribution >= 0.6 is 0 Å². The second-order valence-electron chi connectivity index (χ2n) is 7.45. The zero-order chi connectivity index (χ0) is 20.3. The van der Waals surface area contributed by atoms with Gasteiger partial charge >= 0.3 is 6.18 Å². The Bertz CT molecular complexity index is 715. The number of carbonyl (C=O) groups is 2. The second kappa shape index (κ2) is 8.41. The average Bonchev–Trinajstić information content (AvgIpc) is 3.06. The number of piperazine rings is 1. The lowest BCUT2D eigenvalue weighted by atomic mass is 10.1. The number of hydrogen-bond donors (Lipinski definition) is 0. The fraction of sp³-hybridized carbons (Fsp3) is 0.600. The van der Waals surface area contributed by atoms with Crippen molar-refractivity contribution in [2.24, 2.45) is 5.92 Å². The van der Waals surface area contributed by atoms with Gasteiger partial charge in [-0.2, -0.15) is 13.2 Å². The molecule has 0 saturated carbocycles. The van der Waals surface area contributed by atoms with Gasteiger partial charge in [0, 0.05) is 51.4 Å². The fourth-order valence-corrected chi connectivity index (χ4v) is 3.82. The van der Waals surface area contributed by atoms with Crippen molar-refractivity contribution in [3.05, 3.63) is 29.8 Å². The molecule has 5 nitrogen and oxygen atoms in total. The third-order valence-corrected chi connectivity index (χ3v) is 5.48. The minimum atomic E-state index is -4.37. The smallest absolute Gasteiger partial charge is 0.368 e. The maximum absolute atomic E-state index is 12.9. The Hall–Kier alpha value is -2.25. The molecule has 2 amide bonds. The molecule has 1 aromatic rings. The van der Waals surface area contributed by atoms with Gasteiger partial charge in [0.2, 0.25) is 11.8 Å². The number of likely N-dealkylation sites (tertiary alicyclic amines) is 1. The highest BCUT2D eigenvalue weighted by Gasteiger charge is 2.37. The van der Waals surface area contributed by atoms with Crippen LogP contribution < -0.4 is 4.90 Å². The lowest BCUT2D eigenvalue weighted by molar-refractivity contribution is -0.137. The third-order valence-electron chi connectivity index (χ3n) is 5.48. The summed E-state index contributed by atoms with van der Waals surface area (Å²) in [6, 6.07) is 5.28. The molecule has 1 atom stereocenters. The molecule has 0 bridgehead atoms. The first kappa shape index (κ1) is 20.5. The van der Waals surface area contributed by atoms with Crippen LogP contribution in [0.4, 0.5) is 18.9 Å². The summed E-state index contributed by atoms with van der Waals surface area (Å²) in [5.41, 5.74) is -0.149. The number of unbranched alkanes of at least 4 members (excludes halogenated alkanes) is 1. The lowest BCUT2D eigenvalue weighted by Crippen LogP contribution is -2.50. The lowest BCUT2D eigenvalue weighted by Gasteiger charge is -2.37. The third kappa shape index (κ3) is 4.59. The van der Waals surface area contributed by atoms with E-state index in [-0.39, 0.29) is 24.2 Å². The monoisotopic (exact) mass is 397 g/mol. The van der Waals surface area contributed by atoms with Crippen molar-refractivity contribution in [3.63, 3.8) is 0 Å². The minimum absolute atomic E-state index is 0.0176. The molecular weight excluding hydrogens is 371 g/mol. The van der Waals surface area contributed by atoms with E-state index in [4.69, 9.17) is 0 Å². The molecule has 28 heavy (non-hydrogen) atoms. The van der Waals surface area contributed by atoms with Gasteiger partial charge < -0.3 is 14.7 Å². The summed E-state index contributed by atoms with van der Waals surface area (Å²) in [6.07, 6.45) is -2.18. The molecule has 1 aromatic carbocycles. The van der Waals surface area contributed by atoms with Crippen LogP contribution in [0.1, 0.15) is 31.7 Å². The van der Waals surface area contributed by atoms with E-state index >= 15 is 0 Å². The van der Waals surface area contributed by atoms with Crippen molar-refractivity contribution in [3.8, 4) is 0 Å². The number of benzene rings is 1. The molecule has 2 aliphatic rings. The topological polar surface area (TPSA) is 43.9 Å². The van der Waals surface area contributed by atoms with Crippen molar-refractivity contribution >= 4 is 17.5 Å². The average molecular weight is 397 g/mol. The summed E-state index contributed by atoms with van der Waals surface area (Å²) in [5.74, 6) is -0.282. The predicted molar refractivity (Wildman–Crippen MR) is 99.8 cm³/mol. The Balaban J connectivity index is 1.56. The van der Waals surface area contributed by atoms with Crippen LogP contribution in [-0.4, -0.2) is 60.9 Å². The molecule has 3 rings (SSSR count). The summed E-state index contributed by atoms with van der Waals surface area (Å²) in [7, 11) is 0. The normalized spacial score (nSPS) is 20.8. The van der Waals surface area contributed by atoms with Crippen LogP contribution in [0, 0.1) is 5.92 Å². The number of carbonyl (C=O) groups excluding carboxylic acids is 2. The first-order valence-electron chi connectivity index (χ1n) is 9.78. The first-order valence-corrected chi connectivity index (χ1v) is 9.78. The highest BCUT2D eigenvalue weighted by molar-refractivity contribution is 5.89. The first-order chi connectivity index (χ1) is 13.3. The van der Waals surface area contributed by atoms with Gasteiger partial charge in [-0.15, -0.1) is 0 Å². The van der Waals surface area contributed by atoms with Gasteiger partial charge in [-0.25, -0.2) is 0 Å². The molecule has 154 valence electrons. The molecule has 2 fully saturated rings. The Morgan fingerprint density at radius 2 is 1.89 bits per heavy atom. The standard InChI is InChI=1S/C20H26F3N3O2/c1-2-3-7-26-14-15(12-18(26)27)19(28)25-10-8-24(9-11-25)17-6-4-5-16(13-17)20(21,22)23/h4-6,13,15H,2-3,7-12,14H2,1H3/t15-/m1/s1. The second-order valence-corrected chi connectivity index (χ2v) is 7.45. The van der Waals surface area contributed by atoms with Gasteiger partial charge in [0.15, 0.2) is 0 Å². The SMILES string of the molecule is CCCCN1C[C@H](C(=O)N2CCN(c3cccc(C(F)(F)F)c3)CC2)CC1=O. The van der Waals surface area contributed by atoms with Gasteiger partial charge in [-0.05, 0) is 24.6 Å². The Morgan fingerprint density at radius 1 is 1.18 bits per heavy atom. The molecule has 2 heterocycles. The van der Waals surface area contributed by atoms with E-state index in [2.05, 4.69) is 6.92 Å². The maximum atomic E-state index is 12.9. The number of alkyl halides is 3. The van der Waals surface area contributed by atoms with Crippen LogP contribution in [0.3, 0.4) is 0 Å². The molecule has 0 unspecified atom stereocenters. The van der Waals surface area contributed by atoms with E-state index in [1.807, 2.05) is 4.90 Å². The molecule has 0 spiro atoms. The van der Waals surface area contributed by atoms with Crippen LogP contribution in [-0.2, 0) is 15.8 Å². The van der Waals surface area contributed by atoms with Gasteiger partial charge in [0.05, 0.1) is 11.5 Å². The highest BCUT2D eigenvalue weighted by atomic mass is 19.4. The van der Waals surface area contributed by atoms with E-state index in [1.165, 1.54) is 6.07 Å². The van der Waals surface area contributed by atoms with Gasteiger partial charge in [0.25, 0.3) is 0 Å². The molecule has 2 saturated heterocycles. The Kier molecular flexibility index (Phi) is 6.15. The highest BCUT2D eigenvalue weighted by Crippen LogP contribution is 2.32.